The molecule has 6 heteroatoms. The van der Waals surface area contributed by atoms with Crippen molar-refractivity contribution < 1.29 is 8.42 Å². The first-order chi connectivity index (χ1) is 9.57. The van der Waals surface area contributed by atoms with Crippen LogP contribution in [-0.4, -0.2) is 33.5 Å². The highest BCUT2D eigenvalue weighted by molar-refractivity contribution is 7.98. The molecule has 2 N–H and O–H groups in total. The van der Waals surface area contributed by atoms with Gasteiger partial charge in [0.05, 0.1) is 5.75 Å². The second-order valence-electron chi connectivity index (χ2n) is 4.61. The van der Waals surface area contributed by atoms with Crippen LogP contribution in [0.3, 0.4) is 0 Å². The summed E-state index contributed by atoms with van der Waals surface area (Å²) in [6.45, 7) is 3.99. The van der Waals surface area contributed by atoms with Crippen molar-refractivity contribution in [2.75, 3.05) is 29.8 Å². The van der Waals surface area contributed by atoms with Crippen LogP contribution in [0.25, 0.3) is 0 Å². The van der Waals surface area contributed by atoms with Crippen molar-refractivity contribution in [1.82, 2.24) is 5.32 Å². The zero-order valence-electron chi connectivity index (χ0n) is 12.2. The highest BCUT2D eigenvalue weighted by atomic mass is 32.2. The summed E-state index contributed by atoms with van der Waals surface area (Å²) in [7, 11) is -3.23. The van der Waals surface area contributed by atoms with E-state index < -0.39 is 10.0 Å². The molecule has 0 heterocycles. The van der Waals surface area contributed by atoms with Crippen LogP contribution in [0.2, 0.25) is 0 Å². The Morgan fingerprint density at radius 2 is 1.80 bits per heavy atom. The monoisotopic (exact) mass is 316 g/mol. The lowest BCUT2D eigenvalue weighted by Gasteiger charge is -2.08. The maximum absolute atomic E-state index is 11.9. The first kappa shape index (κ1) is 17.3. The lowest BCUT2D eigenvalue weighted by molar-refractivity contribution is 0.590. The minimum absolute atomic E-state index is 0.172. The maximum Gasteiger partial charge on any atom is 0.232 e. The van der Waals surface area contributed by atoms with E-state index in [0.29, 0.717) is 12.1 Å². The molecule has 0 aliphatic rings. The summed E-state index contributed by atoms with van der Waals surface area (Å²) in [6, 6.07) is 7.42. The third kappa shape index (κ3) is 7.17. The first-order valence-corrected chi connectivity index (χ1v) is 9.80. The summed E-state index contributed by atoms with van der Waals surface area (Å²) >= 11 is 1.63. The summed E-state index contributed by atoms with van der Waals surface area (Å²) < 4.78 is 26.4. The quantitative estimate of drug-likeness (QED) is 0.515. The Kier molecular flexibility index (Phi) is 8.02. The van der Waals surface area contributed by atoms with Gasteiger partial charge in [0.15, 0.2) is 0 Å². The maximum atomic E-state index is 11.9. The number of thioether (sulfide) groups is 1. The Morgan fingerprint density at radius 3 is 2.40 bits per heavy atom. The van der Waals surface area contributed by atoms with Crippen LogP contribution in [0.5, 0.6) is 0 Å². The molecule has 20 heavy (non-hydrogen) atoms. The van der Waals surface area contributed by atoms with Crippen molar-refractivity contribution in [3.8, 4) is 0 Å². The molecule has 0 unspecified atom stereocenters. The van der Waals surface area contributed by atoms with Gasteiger partial charge < -0.3 is 5.32 Å². The van der Waals surface area contributed by atoms with Crippen LogP contribution < -0.4 is 10.0 Å². The van der Waals surface area contributed by atoms with Gasteiger partial charge >= 0.3 is 0 Å². The minimum atomic E-state index is -3.23. The van der Waals surface area contributed by atoms with Crippen LogP contribution in [0.15, 0.2) is 29.2 Å². The molecule has 1 aromatic rings. The zero-order valence-corrected chi connectivity index (χ0v) is 13.8. The summed E-state index contributed by atoms with van der Waals surface area (Å²) in [4.78, 5) is 1.12. The molecule has 114 valence electrons. The van der Waals surface area contributed by atoms with Gasteiger partial charge in [0, 0.05) is 10.6 Å². The van der Waals surface area contributed by atoms with Crippen molar-refractivity contribution in [3.05, 3.63) is 24.3 Å². The smallest absolute Gasteiger partial charge is 0.232 e. The summed E-state index contributed by atoms with van der Waals surface area (Å²) in [5, 5.41) is 3.27. The van der Waals surface area contributed by atoms with E-state index in [2.05, 4.69) is 17.0 Å². The number of benzene rings is 1. The molecule has 0 radical (unpaired) electrons. The van der Waals surface area contributed by atoms with Gasteiger partial charge in [-0.25, -0.2) is 8.42 Å². The fourth-order valence-electron chi connectivity index (χ4n) is 1.73. The zero-order chi connectivity index (χ0) is 14.8. The average Bonchev–Trinajstić information content (AvgIpc) is 2.43. The number of hydrogen-bond acceptors (Lipinski definition) is 4. The number of unbranched alkanes of at least 4 members (excludes halogenated alkanes) is 1. The van der Waals surface area contributed by atoms with Crippen molar-refractivity contribution in [1.29, 1.82) is 0 Å². The van der Waals surface area contributed by atoms with E-state index in [0.717, 1.165) is 30.8 Å². The van der Waals surface area contributed by atoms with E-state index in [-0.39, 0.29) is 5.75 Å². The summed E-state index contributed by atoms with van der Waals surface area (Å²) in [5.74, 6) is 0.172. The molecule has 0 amide bonds. The van der Waals surface area contributed by atoms with E-state index in [1.165, 1.54) is 0 Å². The van der Waals surface area contributed by atoms with Crippen molar-refractivity contribution in [2.45, 2.75) is 31.1 Å². The van der Waals surface area contributed by atoms with E-state index in [1.807, 2.05) is 18.4 Å². The standard InChI is InChI=1S/C14H24N2O2S2/c1-3-10-15-11-4-5-12-20(17,18)16-13-6-8-14(19-2)9-7-13/h6-9,15-16H,3-5,10-12H2,1-2H3. The fraction of sp³-hybridized carbons (Fsp3) is 0.571. The average molecular weight is 316 g/mol. The molecule has 1 aromatic carbocycles. The second-order valence-corrected chi connectivity index (χ2v) is 7.33. The Bertz CT molecular complexity index is 472. The van der Waals surface area contributed by atoms with Crippen molar-refractivity contribution in [2.24, 2.45) is 0 Å². The Balaban J connectivity index is 2.33. The molecule has 1 rings (SSSR count). The van der Waals surface area contributed by atoms with Gasteiger partial charge in [0.1, 0.15) is 0 Å². The summed E-state index contributed by atoms with van der Waals surface area (Å²) in [5.41, 5.74) is 0.631. The first-order valence-electron chi connectivity index (χ1n) is 6.92. The third-order valence-electron chi connectivity index (χ3n) is 2.81. The fourth-order valence-corrected chi connectivity index (χ4v) is 3.32. The molecule has 4 nitrogen and oxygen atoms in total. The molecule has 0 spiro atoms. The molecular weight excluding hydrogens is 292 g/mol. The van der Waals surface area contributed by atoms with Crippen LogP contribution in [0.4, 0.5) is 5.69 Å². The molecular formula is C14H24N2O2S2. The normalized spacial score (nSPS) is 11.5. The highest BCUT2D eigenvalue weighted by Crippen LogP contribution is 2.18. The van der Waals surface area contributed by atoms with E-state index in [9.17, 15) is 8.42 Å². The Labute approximate surface area is 126 Å². The van der Waals surface area contributed by atoms with Crippen LogP contribution >= 0.6 is 11.8 Å². The van der Waals surface area contributed by atoms with E-state index in [4.69, 9.17) is 0 Å². The van der Waals surface area contributed by atoms with Gasteiger partial charge in [-0.3, -0.25) is 4.72 Å². The minimum Gasteiger partial charge on any atom is -0.317 e. The number of nitrogens with one attached hydrogen (secondary N) is 2. The third-order valence-corrected chi connectivity index (χ3v) is 4.92. The van der Waals surface area contributed by atoms with Gasteiger partial charge in [0.25, 0.3) is 0 Å². The highest BCUT2D eigenvalue weighted by Gasteiger charge is 2.09. The van der Waals surface area contributed by atoms with Crippen LogP contribution in [-0.2, 0) is 10.0 Å². The lowest BCUT2D eigenvalue weighted by Crippen LogP contribution is -2.19. The SMILES string of the molecule is CCCNCCCCS(=O)(=O)Nc1ccc(SC)cc1. The number of anilines is 1. The van der Waals surface area contributed by atoms with Crippen LogP contribution in [0, 0.1) is 0 Å². The largest absolute Gasteiger partial charge is 0.317 e. The van der Waals surface area contributed by atoms with Crippen molar-refractivity contribution in [3.63, 3.8) is 0 Å². The van der Waals surface area contributed by atoms with Gasteiger partial charge in [0.2, 0.25) is 10.0 Å². The molecule has 0 atom stereocenters. The molecule has 0 saturated carbocycles. The number of rotatable bonds is 10. The van der Waals surface area contributed by atoms with Gasteiger partial charge in [-0.05, 0) is 62.9 Å². The molecule has 0 aromatic heterocycles. The topological polar surface area (TPSA) is 58.2 Å². The van der Waals surface area contributed by atoms with Crippen LogP contribution in [0.1, 0.15) is 26.2 Å². The van der Waals surface area contributed by atoms with E-state index in [1.54, 1.807) is 23.9 Å². The molecule has 0 saturated heterocycles. The molecule has 0 bridgehead atoms. The van der Waals surface area contributed by atoms with Gasteiger partial charge in [-0.15, -0.1) is 11.8 Å². The predicted molar refractivity (Wildman–Crippen MR) is 88.0 cm³/mol. The molecule has 0 aliphatic heterocycles. The van der Waals surface area contributed by atoms with Gasteiger partial charge in [-0.1, -0.05) is 6.92 Å². The molecule has 0 fully saturated rings. The van der Waals surface area contributed by atoms with Gasteiger partial charge in [-0.2, -0.15) is 0 Å². The van der Waals surface area contributed by atoms with Crippen molar-refractivity contribution >= 4 is 27.5 Å². The molecule has 0 aliphatic carbocycles. The second kappa shape index (κ2) is 9.26. The predicted octanol–water partition coefficient (Wildman–Crippen LogP) is 2.93. The number of hydrogen-bond donors (Lipinski definition) is 2. The summed E-state index contributed by atoms with van der Waals surface area (Å²) in [6.07, 6.45) is 4.65. The number of sulfonamides is 1. The Hall–Kier alpha value is -0.720. The lowest BCUT2D eigenvalue weighted by atomic mass is 10.3. The Morgan fingerprint density at radius 1 is 1.10 bits per heavy atom. The van der Waals surface area contributed by atoms with E-state index >= 15 is 0 Å².